The minimum atomic E-state index is -1.40. The lowest BCUT2D eigenvalue weighted by atomic mass is 9.84. The molecule has 7 heteroatoms. The van der Waals surface area contributed by atoms with Gasteiger partial charge in [0.1, 0.15) is 11.3 Å². The molecule has 1 atom stereocenters. The topological polar surface area (TPSA) is 104 Å². The van der Waals surface area contributed by atoms with Crippen molar-refractivity contribution in [3.05, 3.63) is 29.3 Å². The largest absolute Gasteiger partial charge is 0.507 e. The quantitative estimate of drug-likeness (QED) is 0.777. The van der Waals surface area contributed by atoms with Crippen molar-refractivity contribution in [2.75, 3.05) is 0 Å². The third kappa shape index (κ3) is 1.68. The number of imide groups is 2. The summed E-state index contributed by atoms with van der Waals surface area (Å²) in [6.07, 6.45) is 0.331. The lowest BCUT2D eigenvalue weighted by molar-refractivity contribution is -0.142. The van der Waals surface area contributed by atoms with E-state index in [-0.39, 0.29) is 36.1 Å². The zero-order chi connectivity index (χ0) is 16.1. The van der Waals surface area contributed by atoms with Crippen LogP contribution in [0.1, 0.15) is 46.9 Å². The Morgan fingerprint density at radius 3 is 2.55 bits per heavy atom. The van der Waals surface area contributed by atoms with Gasteiger partial charge in [0, 0.05) is 6.42 Å². The van der Waals surface area contributed by atoms with Crippen molar-refractivity contribution >= 4 is 23.6 Å². The van der Waals surface area contributed by atoms with Crippen molar-refractivity contribution < 1.29 is 24.3 Å². The highest BCUT2D eigenvalue weighted by Gasteiger charge is 2.55. The van der Waals surface area contributed by atoms with Crippen LogP contribution < -0.4 is 5.32 Å². The number of amides is 4. The number of nitrogens with zero attached hydrogens (tertiary/aromatic N) is 1. The molecule has 0 radical (unpaired) electrons. The van der Waals surface area contributed by atoms with Crippen molar-refractivity contribution in [3.8, 4) is 5.75 Å². The smallest absolute Gasteiger partial charge is 0.266 e. The van der Waals surface area contributed by atoms with Gasteiger partial charge < -0.3 is 5.11 Å². The van der Waals surface area contributed by atoms with E-state index in [1.807, 2.05) is 0 Å². The van der Waals surface area contributed by atoms with Crippen LogP contribution in [0.25, 0.3) is 0 Å². The number of hydrogen-bond acceptors (Lipinski definition) is 5. The highest BCUT2D eigenvalue weighted by molar-refractivity contribution is 6.25. The van der Waals surface area contributed by atoms with Crippen LogP contribution in [0.4, 0.5) is 0 Å². The van der Waals surface area contributed by atoms with Gasteiger partial charge in [0.25, 0.3) is 17.7 Å². The van der Waals surface area contributed by atoms with Gasteiger partial charge in [-0.15, -0.1) is 0 Å². The number of nitrogens with one attached hydrogen (secondary N) is 1. The number of hydrogen-bond donors (Lipinski definition) is 2. The first-order valence-corrected chi connectivity index (χ1v) is 6.97. The van der Waals surface area contributed by atoms with E-state index in [9.17, 15) is 24.3 Å². The molecule has 1 aromatic carbocycles. The van der Waals surface area contributed by atoms with Gasteiger partial charge in [-0.3, -0.25) is 29.4 Å². The van der Waals surface area contributed by atoms with Gasteiger partial charge >= 0.3 is 0 Å². The van der Waals surface area contributed by atoms with Gasteiger partial charge in [-0.25, -0.2) is 0 Å². The molecule has 0 bridgehead atoms. The van der Waals surface area contributed by atoms with Crippen LogP contribution in [0, 0.1) is 0 Å². The van der Waals surface area contributed by atoms with E-state index in [4.69, 9.17) is 0 Å². The molecule has 22 heavy (non-hydrogen) atoms. The van der Waals surface area contributed by atoms with E-state index < -0.39 is 29.2 Å². The Morgan fingerprint density at radius 1 is 1.23 bits per heavy atom. The van der Waals surface area contributed by atoms with Crippen molar-refractivity contribution in [3.63, 3.8) is 0 Å². The summed E-state index contributed by atoms with van der Waals surface area (Å²) >= 11 is 0. The molecular weight excluding hydrogens is 288 g/mol. The molecule has 3 rings (SSSR count). The van der Waals surface area contributed by atoms with Crippen molar-refractivity contribution in [2.45, 2.75) is 31.7 Å². The Balaban J connectivity index is 2.11. The van der Waals surface area contributed by atoms with Gasteiger partial charge in [-0.1, -0.05) is 13.0 Å². The molecular formula is C15H14N2O5. The fraction of sp³-hybridized carbons (Fsp3) is 0.333. The van der Waals surface area contributed by atoms with E-state index in [0.29, 0.717) is 0 Å². The Hall–Kier alpha value is -2.70. The number of aromatic hydroxyl groups is 1. The lowest BCUT2D eigenvalue weighted by Gasteiger charge is -2.40. The van der Waals surface area contributed by atoms with E-state index in [1.54, 1.807) is 6.92 Å². The van der Waals surface area contributed by atoms with Crippen LogP contribution in [0.5, 0.6) is 5.75 Å². The predicted molar refractivity (Wildman–Crippen MR) is 74.0 cm³/mol. The standard InChI is InChI=1S/C15H14N2O5/c1-2-15(7-6-10(19)16-14(15)22)17-12(20)8-4-3-5-9(18)11(8)13(17)21/h3-5,18H,2,6-7H2,1H3,(H,16,19,22). The first-order chi connectivity index (χ1) is 10.4. The van der Waals surface area contributed by atoms with Gasteiger partial charge in [0.2, 0.25) is 5.91 Å². The maximum absolute atomic E-state index is 12.6. The Labute approximate surface area is 125 Å². The van der Waals surface area contributed by atoms with Gasteiger partial charge in [-0.2, -0.15) is 0 Å². The minimum absolute atomic E-state index is 0.0545. The highest BCUT2D eigenvalue weighted by Crippen LogP contribution is 2.38. The summed E-state index contributed by atoms with van der Waals surface area (Å²) in [5, 5.41) is 12.0. The number of carbonyl (C=O) groups is 4. The highest BCUT2D eigenvalue weighted by atomic mass is 16.3. The number of rotatable bonds is 2. The maximum atomic E-state index is 12.6. The monoisotopic (exact) mass is 302 g/mol. The summed E-state index contributed by atoms with van der Waals surface area (Å²) in [5.41, 5.74) is -1.42. The summed E-state index contributed by atoms with van der Waals surface area (Å²) < 4.78 is 0. The normalized spacial score (nSPS) is 24.5. The minimum Gasteiger partial charge on any atom is -0.507 e. The predicted octanol–water partition coefficient (Wildman–Crippen LogP) is 0.574. The van der Waals surface area contributed by atoms with Crippen LogP contribution in [-0.2, 0) is 9.59 Å². The molecule has 114 valence electrons. The third-order valence-electron chi connectivity index (χ3n) is 4.35. The first kappa shape index (κ1) is 14.2. The molecule has 4 amide bonds. The second-order valence-electron chi connectivity index (χ2n) is 5.41. The summed E-state index contributed by atoms with van der Waals surface area (Å²) in [6.45, 7) is 1.68. The maximum Gasteiger partial charge on any atom is 0.266 e. The Morgan fingerprint density at radius 2 is 1.95 bits per heavy atom. The Kier molecular flexibility index (Phi) is 3.01. The molecule has 0 spiro atoms. The van der Waals surface area contributed by atoms with Crippen LogP contribution in [-0.4, -0.2) is 39.2 Å². The molecule has 7 nitrogen and oxygen atoms in total. The number of carbonyl (C=O) groups excluding carboxylic acids is 4. The number of fused-ring (bicyclic) bond motifs is 1. The Bertz CT molecular complexity index is 727. The number of phenolic OH excluding ortho intramolecular Hbond substituents is 1. The third-order valence-corrected chi connectivity index (χ3v) is 4.35. The van der Waals surface area contributed by atoms with Gasteiger partial charge in [0.15, 0.2) is 0 Å². The van der Waals surface area contributed by atoms with Crippen molar-refractivity contribution in [2.24, 2.45) is 0 Å². The second kappa shape index (κ2) is 4.66. The zero-order valence-electron chi connectivity index (χ0n) is 11.9. The molecule has 2 aliphatic heterocycles. The van der Waals surface area contributed by atoms with E-state index >= 15 is 0 Å². The number of piperidine rings is 1. The molecule has 2 heterocycles. The average molecular weight is 302 g/mol. The summed E-state index contributed by atoms with van der Waals surface area (Å²) in [6, 6.07) is 4.22. The average Bonchev–Trinajstić information content (AvgIpc) is 2.74. The second-order valence-corrected chi connectivity index (χ2v) is 5.41. The fourth-order valence-electron chi connectivity index (χ4n) is 3.10. The van der Waals surface area contributed by atoms with Crippen molar-refractivity contribution in [1.29, 1.82) is 0 Å². The molecule has 1 saturated heterocycles. The molecule has 2 N–H and O–H groups in total. The van der Waals surface area contributed by atoms with Gasteiger partial charge in [0.05, 0.1) is 11.1 Å². The van der Waals surface area contributed by atoms with Crippen molar-refractivity contribution in [1.82, 2.24) is 10.2 Å². The van der Waals surface area contributed by atoms with Gasteiger partial charge in [-0.05, 0) is 25.0 Å². The van der Waals surface area contributed by atoms with Crippen LogP contribution >= 0.6 is 0 Å². The summed E-state index contributed by atoms with van der Waals surface area (Å²) in [7, 11) is 0. The molecule has 0 aromatic heterocycles. The van der Waals surface area contributed by atoms with E-state index in [1.165, 1.54) is 18.2 Å². The molecule has 0 saturated carbocycles. The summed E-state index contributed by atoms with van der Waals surface area (Å²) in [5.74, 6) is -2.70. The molecule has 0 aliphatic carbocycles. The van der Waals surface area contributed by atoms with E-state index in [2.05, 4.69) is 5.32 Å². The van der Waals surface area contributed by atoms with Crippen LogP contribution in [0.2, 0.25) is 0 Å². The van der Waals surface area contributed by atoms with E-state index in [0.717, 1.165) is 4.90 Å². The molecule has 1 fully saturated rings. The number of phenols is 1. The lowest BCUT2D eigenvalue weighted by Crippen LogP contribution is -2.64. The van der Waals surface area contributed by atoms with Crippen LogP contribution in [0.15, 0.2) is 18.2 Å². The first-order valence-electron chi connectivity index (χ1n) is 6.97. The molecule has 2 aliphatic rings. The van der Waals surface area contributed by atoms with Crippen LogP contribution in [0.3, 0.4) is 0 Å². The molecule has 1 aromatic rings. The SMILES string of the molecule is CCC1(N2C(=O)c3cccc(O)c3C2=O)CCC(=O)NC1=O. The zero-order valence-corrected chi connectivity index (χ0v) is 11.9. The molecule has 1 unspecified atom stereocenters. The summed E-state index contributed by atoms with van der Waals surface area (Å²) in [4.78, 5) is 49.8. The number of benzene rings is 1. The fourth-order valence-corrected chi connectivity index (χ4v) is 3.10.